The second-order valence-corrected chi connectivity index (χ2v) is 4.31. The first-order chi connectivity index (χ1) is 6.76. The molecule has 0 aromatic carbocycles. The lowest BCUT2D eigenvalue weighted by Crippen LogP contribution is -1.84. The Balaban J connectivity index is 2.76. The maximum Gasteiger partial charge on any atom is 0.123 e. The molecule has 0 fully saturated rings. The number of thiophene rings is 1. The monoisotopic (exact) mass is 202 g/mol. The maximum absolute atomic E-state index is 8.86. The Labute approximate surface area is 86.8 Å². The summed E-state index contributed by atoms with van der Waals surface area (Å²) in [5, 5.41) is 9.99. The van der Waals surface area contributed by atoms with Crippen LogP contribution in [0.3, 0.4) is 0 Å². The molecule has 2 rings (SSSR count). The zero-order valence-electron chi connectivity index (χ0n) is 8.16. The molecule has 2 nitrogen and oxygen atoms in total. The molecule has 0 radical (unpaired) electrons. The van der Waals surface area contributed by atoms with Crippen LogP contribution in [-0.2, 0) is 6.42 Å². The Kier molecular flexibility index (Phi) is 2.22. The van der Waals surface area contributed by atoms with Crippen molar-refractivity contribution < 1.29 is 0 Å². The number of aryl methyl sites for hydroxylation is 2. The molecule has 2 heterocycles. The Bertz CT molecular complexity index is 520. The summed E-state index contributed by atoms with van der Waals surface area (Å²) in [7, 11) is 0. The Hall–Kier alpha value is -1.40. The second-order valence-electron chi connectivity index (χ2n) is 3.19. The molecule has 0 atom stereocenters. The van der Waals surface area contributed by atoms with E-state index in [1.54, 1.807) is 17.5 Å². The van der Waals surface area contributed by atoms with Gasteiger partial charge >= 0.3 is 0 Å². The molecular formula is C11H10N2S. The van der Waals surface area contributed by atoms with Crippen LogP contribution in [0.4, 0.5) is 0 Å². The smallest absolute Gasteiger partial charge is 0.123 e. The first-order valence-corrected chi connectivity index (χ1v) is 5.36. The molecule has 0 aliphatic rings. The molecule has 14 heavy (non-hydrogen) atoms. The van der Waals surface area contributed by atoms with Crippen molar-refractivity contribution in [1.29, 1.82) is 5.26 Å². The summed E-state index contributed by atoms with van der Waals surface area (Å²) in [4.78, 5) is 6.64. The minimum Gasteiger partial charge on any atom is -0.244 e. The highest BCUT2D eigenvalue weighted by atomic mass is 32.1. The van der Waals surface area contributed by atoms with Crippen LogP contribution in [-0.4, -0.2) is 4.98 Å². The van der Waals surface area contributed by atoms with Crippen LogP contribution in [0, 0.1) is 18.3 Å². The highest BCUT2D eigenvalue weighted by molar-refractivity contribution is 7.18. The van der Waals surface area contributed by atoms with Crippen molar-refractivity contribution in [2.45, 2.75) is 20.3 Å². The van der Waals surface area contributed by atoms with Crippen LogP contribution >= 0.6 is 11.3 Å². The van der Waals surface area contributed by atoms with Crippen molar-refractivity contribution >= 4 is 21.6 Å². The number of pyridine rings is 1. The van der Waals surface area contributed by atoms with Crippen LogP contribution in [0.2, 0.25) is 0 Å². The number of aromatic nitrogens is 1. The normalized spacial score (nSPS) is 10.4. The van der Waals surface area contributed by atoms with Crippen molar-refractivity contribution in [1.82, 2.24) is 4.98 Å². The predicted molar refractivity (Wildman–Crippen MR) is 58.5 cm³/mol. The van der Waals surface area contributed by atoms with Gasteiger partial charge in [-0.3, -0.25) is 0 Å². The summed E-state index contributed by atoms with van der Waals surface area (Å²) in [6.07, 6.45) is 2.69. The van der Waals surface area contributed by atoms with Gasteiger partial charge < -0.3 is 0 Å². The third-order valence-electron chi connectivity index (χ3n) is 2.35. The van der Waals surface area contributed by atoms with Gasteiger partial charge in [0.25, 0.3) is 0 Å². The molecule has 0 bridgehead atoms. The van der Waals surface area contributed by atoms with Crippen LogP contribution in [0.1, 0.15) is 22.9 Å². The molecule has 70 valence electrons. The topological polar surface area (TPSA) is 36.7 Å². The van der Waals surface area contributed by atoms with E-state index in [9.17, 15) is 0 Å². The lowest BCUT2D eigenvalue weighted by molar-refractivity contribution is 1.19. The third kappa shape index (κ3) is 1.28. The largest absolute Gasteiger partial charge is 0.244 e. The van der Waals surface area contributed by atoms with E-state index >= 15 is 0 Å². The minimum atomic E-state index is 0.679. The van der Waals surface area contributed by atoms with E-state index in [4.69, 9.17) is 5.26 Å². The van der Waals surface area contributed by atoms with Crippen LogP contribution in [0.25, 0.3) is 10.2 Å². The van der Waals surface area contributed by atoms with Crippen LogP contribution in [0.15, 0.2) is 12.3 Å². The standard InChI is InChI=1S/C11H10N2S/c1-3-9-4-10-7(2)8(5-12)6-13-11(10)14-9/h4,6H,3H2,1-2H3. The maximum atomic E-state index is 8.86. The first-order valence-electron chi connectivity index (χ1n) is 4.54. The van der Waals surface area contributed by atoms with E-state index in [-0.39, 0.29) is 0 Å². The number of nitrogens with zero attached hydrogens (tertiary/aromatic N) is 2. The van der Waals surface area contributed by atoms with E-state index in [1.165, 1.54) is 4.88 Å². The lowest BCUT2D eigenvalue weighted by Gasteiger charge is -1.96. The van der Waals surface area contributed by atoms with Gasteiger partial charge in [0.05, 0.1) is 5.56 Å². The zero-order chi connectivity index (χ0) is 10.1. The lowest BCUT2D eigenvalue weighted by atomic mass is 10.1. The zero-order valence-corrected chi connectivity index (χ0v) is 8.98. The average molecular weight is 202 g/mol. The van der Waals surface area contributed by atoms with Gasteiger partial charge in [0, 0.05) is 16.5 Å². The van der Waals surface area contributed by atoms with E-state index in [0.29, 0.717) is 5.56 Å². The molecule has 2 aromatic heterocycles. The average Bonchev–Trinajstić information content (AvgIpc) is 2.62. The van der Waals surface area contributed by atoms with Crippen molar-refractivity contribution in [2.24, 2.45) is 0 Å². The van der Waals surface area contributed by atoms with E-state index < -0.39 is 0 Å². The molecule has 3 heteroatoms. The fraction of sp³-hybridized carbons (Fsp3) is 0.273. The Morgan fingerprint density at radius 2 is 2.36 bits per heavy atom. The van der Waals surface area contributed by atoms with Gasteiger partial charge in [0.1, 0.15) is 10.9 Å². The van der Waals surface area contributed by atoms with Gasteiger partial charge in [0.15, 0.2) is 0 Å². The summed E-state index contributed by atoms with van der Waals surface area (Å²) in [6, 6.07) is 4.30. The predicted octanol–water partition coefficient (Wildman–Crippen LogP) is 3.04. The molecule has 0 aliphatic heterocycles. The molecule has 0 unspecified atom stereocenters. The van der Waals surface area contributed by atoms with Crippen molar-refractivity contribution in [3.8, 4) is 6.07 Å². The van der Waals surface area contributed by atoms with Gasteiger partial charge in [0.2, 0.25) is 0 Å². The first kappa shape index (κ1) is 9.17. The van der Waals surface area contributed by atoms with E-state index in [0.717, 1.165) is 22.2 Å². The Morgan fingerprint density at radius 3 is 3.00 bits per heavy atom. The molecular weight excluding hydrogens is 192 g/mol. The number of nitriles is 1. The molecule has 0 aliphatic carbocycles. The number of hydrogen-bond acceptors (Lipinski definition) is 3. The molecule has 2 aromatic rings. The molecule has 0 saturated heterocycles. The summed E-state index contributed by atoms with van der Waals surface area (Å²) < 4.78 is 0. The van der Waals surface area contributed by atoms with Gasteiger partial charge in [-0.25, -0.2) is 4.98 Å². The quantitative estimate of drug-likeness (QED) is 0.712. The highest BCUT2D eigenvalue weighted by Gasteiger charge is 2.07. The molecule has 0 amide bonds. The third-order valence-corrected chi connectivity index (χ3v) is 3.54. The van der Waals surface area contributed by atoms with E-state index in [2.05, 4.69) is 24.0 Å². The fourth-order valence-corrected chi connectivity index (χ4v) is 2.44. The number of hydrogen-bond donors (Lipinski definition) is 0. The summed E-state index contributed by atoms with van der Waals surface area (Å²) in [5.41, 5.74) is 1.73. The van der Waals surface area contributed by atoms with Crippen molar-refractivity contribution in [2.75, 3.05) is 0 Å². The van der Waals surface area contributed by atoms with Crippen molar-refractivity contribution in [3.05, 3.63) is 28.3 Å². The van der Waals surface area contributed by atoms with Crippen LogP contribution in [0.5, 0.6) is 0 Å². The molecule has 0 N–H and O–H groups in total. The number of rotatable bonds is 1. The highest BCUT2D eigenvalue weighted by Crippen LogP contribution is 2.27. The SMILES string of the molecule is CCc1cc2c(C)c(C#N)cnc2s1. The van der Waals surface area contributed by atoms with Crippen LogP contribution < -0.4 is 0 Å². The Morgan fingerprint density at radius 1 is 1.57 bits per heavy atom. The summed E-state index contributed by atoms with van der Waals surface area (Å²) in [6.45, 7) is 4.11. The molecule has 0 spiro atoms. The van der Waals surface area contributed by atoms with Gasteiger partial charge in [-0.05, 0) is 25.0 Å². The van der Waals surface area contributed by atoms with Crippen molar-refractivity contribution in [3.63, 3.8) is 0 Å². The van der Waals surface area contributed by atoms with Gasteiger partial charge in [-0.2, -0.15) is 5.26 Å². The second kappa shape index (κ2) is 3.39. The summed E-state index contributed by atoms with van der Waals surface area (Å²) in [5.74, 6) is 0. The van der Waals surface area contributed by atoms with E-state index in [1.807, 2.05) is 6.92 Å². The fourth-order valence-electron chi connectivity index (χ4n) is 1.45. The number of fused-ring (bicyclic) bond motifs is 1. The summed E-state index contributed by atoms with van der Waals surface area (Å²) >= 11 is 1.71. The minimum absolute atomic E-state index is 0.679. The molecule has 0 saturated carbocycles. The van der Waals surface area contributed by atoms with Gasteiger partial charge in [-0.1, -0.05) is 6.92 Å². The van der Waals surface area contributed by atoms with Gasteiger partial charge in [-0.15, -0.1) is 11.3 Å².